The number of rotatable bonds is 7. The highest BCUT2D eigenvalue weighted by atomic mass is 16.6. The third kappa shape index (κ3) is 5.44. The third-order valence-electron chi connectivity index (χ3n) is 4.70. The van der Waals surface area contributed by atoms with Crippen LogP contribution in [-0.4, -0.2) is 85.7 Å². The van der Waals surface area contributed by atoms with Gasteiger partial charge in [0, 0.05) is 45.8 Å². The van der Waals surface area contributed by atoms with E-state index in [0.717, 1.165) is 44.8 Å². The summed E-state index contributed by atoms with van der Waals surface area (Å²) in [6.45, 7) is 7.41. The Morgan fingerprint density at radius 2 is 1.72 bits per heavy atom. The van der Waals surface area contributed by atoms with Crippen LogP contribution in [0.1, 0.15) is 5.56 Å². The molecule has 0 atom stereocenters. The lowest BCUT2D eigenvalue weighted by Gasteiger charge is -2.34. The van der Waals surface area contributed by atoms with Crippen molar-refractivity contribution >= 4 is 12.0 Å². The van der Waals surface area contributed by atoms with Crippen molar-refractivity contribution in [2.75, 3.05) is 59.0 Å². The molecule has 2 saturated heterocycles. The quantitative estimate of drug-likeness (QED) is 0.773. The van der Waals surface area contributed by atoms with Gasteiger partial charge in [-0.2, -0.15) is 0 Å². The summed E-state index contributed by atoms with van der Waals surface area (Å²) >= 11 is 0. The van der Waals surface area contributed by atoms with Gasteiger partial charge in [-0.15, -0.1) is 0 Å². The molecule has 0 aromatic heterocycles. The Morgan fingerprint density at radius 3 is 2.40 bits per heavy atom. The van der Waals surface area contributed by atoms with Gasteiger partial charge in [0.2, 0.25) is 5.91 Å². The summed E-state index contributed by atoms with van der Waals surface area (Å²) in [4.78, 5) is 29.8. The fraction of sp³-hybridized carbons (Fsp3) is 0.556. The normalized spacial score (nSPS) is 19.0. The van der Waals surface area contributed by atoms with Crippen molar-refractivity contribution in [2.24, 2.45) is 0 Å². The lowest BCUT2D eigenvalue weighted by molar-refractivity contribution is -0.122. The van der Waals surface area contributed by atoms with Crippen LogP contribution in [0.3, 0.4) is 0 Å². The molecule has 0 saturated carbocycles. The fourth-order valence-corrected chi connectivity index (χ4v) is 3.12. The van der Waals surface area contributed by atoms with Gasteiger partial charge in [0.15, 0.2) is 0 Å². The number of nitrogens with zero attached hydrogens (tertiary/aromatic N) is 3. The molecule has 1 N–H and O–H groups in total. The Morgan fingerprint density at radius 1 is 1.00 bits per heavy atom. The van der Waals surface area contributed by atoms with Gasteiger partial charge >= 0.3 is 6.09 Å². The molecule has 2 aliphatic rings. The van der Waals surface area contributed by atoms with E-state index >= 15 is 0 Å². The van der Waals surface area contributed by atoms with E-state index in [1.54, 1.807) is 4.90 Å². The van der Waals surface area contributed by atoms with Gasteiger partial charge < -0.3 is 15.0 Å². The Balaban J connectivity index is 1.30. The number of cyclic esters (lactones) is 1. The first kappa shape index (κ1) is 17.7. The number of piperazine rings is 1. The van der Waals surface area contributed by atoms with Crippen LogP contribution in [0.2, 0.25) is 0 Å². The molecule has 3 rings (SSSR count). The highest BCUT2D eigenvalue weighted by Crippen LogP contribution is 2.06. The van der Waals surface area contributed by atoms with Crippen molar-refractivity contribution in [3.8, 4) is 0 Å². The minimum atomic E-state index is -0.200. The van der Waals surface area contributed by atoms with Crippen molar-refractivity contribution in [1.29, 1.82) is 0 Å². The first-order valence-corrected chi connectivity index (χ1v) is 8.88. The zero-order chi connectivity index (χ0) is 17.5. The predicted octanol–water partition coefficient (Wildman–Crippen LogP) is 0.373. The zero-order valence-electron chi connectivity index (χ0n) is 14.5. The van der Waals surface area contributed by atoms with Crippen molar-refractivity contribution < 1.29 is 14.3 Å². The largest absolute Gasteiger partial charge is 0.448 e. The van der Waals surface area contributed by atoms with Crippen LogP contribution in [0.4, 0.5) is 4.79 Å². The summed E-state index contributed by atoms with van der Waals surface area (Å²) in [7, 11) is 0. The molecule has 136 valence electrons. The third-order valence-corrected chi connectivity index (χ3v) is 4.70. The van der Waals surface area contributed by atoms with Crippen LogP contribution < -0.4 is 5.32 Å². The minimum absolute atomic E-state index is 0.0668. The van der Waals surface area contributed by atoms with Crippen LogP contribution in [0, 0.1) is 0 Å². The average Bonchev–Trinajstić information content (AvgIpc) is 3.05. The molecule has 7 heteroatoms. The summed E-state index contributed by atoms with van der Waals surface area (Å²) in [6.07, 6.45) is -0.200. The summed E-state index contributed by atoms with van der Waals surface area (Å²) < 4.78 is 4.94. The van der Waals surface area contributed by atoms with Crippen molar-refractivity contribution in [2.45, 2.75) is 6.54 Å². The molecule has 25 heavy (non-hydrogen) atoms. The number of carbonyl (C=O) groups excluding carboxylic acids is 2. The highest BCUT2D eigenvalue weighted by molar-refractivity contribution is 5.78. The van der Waals surface area contributed by atoms with Gasteiger partial charge in [-0.25, -0.2) is 4.79 Å². The van der Waals surface area contributed by atoms with Crippen molar-refractivity contribution in [3.63, 3.8) is 0 Å². The van der Waals surface area contributed by atoms with E-state index in [2.05, 4.69) is 15.1 Å². The van der Waals surface area contributed by atoms with E-state index in [0.29, 0.717) is 26.2 Å². The van der Waals surface area contributed by atoms with E-state index in [1.165, 1.54) is 0 Å². The second-order valence-electron chi connectivity index (χ2n) is 6.48. The number of amides is 2. The molecule has 0 unspecified atom stereocenters. The number of hydrogen-bond donors (Lipinski definition) is 1. The van der Waals surface area contributed by atoms with Crippen LogP contribution in [0.5, 0.6) is 0 Å². The molecule has 2 heterocycles. The average molecular weight is 346 g/mol. The molecular weight excluding hydrogens is 320 g/mol. The lowest BCUT2D eigenvalue weighted by atomic mass is 10.2. The molecule has 0 radical (unpaired) electrons. The van der Waals surface area contributed by atoms with E-state index in [-0.39, 0.29) is 12.0 Å². The first-order chi connectivity index (χ1) is 12.2. The first-order valence-electron chi connectivity index (χ1n) is 8.88. The summed E-state index contributed by atoms with van der Waals surface area (Å²) in [5.74, 6) is 0.0668. The maximum atomic E-state index is 12.1. The fourth-order valence-electron chi connectivity index (χ4n) is 3.12. The Kier molecular flexibility index (Phi) is 6.25. The molecule has 2 aliphatic heterocycles. The Labute approximate surface area is 148 Å². The van der Waals surface area contributed by atoms with Gasteiger partial charge in [0.1, 0.15) is 6.61 Å². The molecule has 7 nitrogen and oxygen atoms in total. The topological polar surface area (TPSA) is 65.1 Å². The monoisotopic (exact) mass is 346 g/mol. The van der Waals surface area contributed by atoms with Gasteiger partial charge in [0.25, 0.3) is 0 Å². The van der Waals surface area contributed by atoms with Crippen LogP contribution >= 0.6 is 0 Å². The molecule has 1 aromatic carbocycles. The predicted molar refractivity (Wildman–Crippen MR) is 94.1 cm³/mol. The summed E-state index contributed by atoms with van der Waals surface area (Å²) in [6, 6.07) is 9.94. The smallest absolute Gasteiger partial charge is 0.409 e. The van der Waals surface area contributed by atoms with Crippen LogP contribution in [-0.2, 0) is 16.1 Å². The minimum Gasteiger partial charge on any atom is -0.448 e. The van der Waals surface area contributed by atoms with Gasteiger partial charge in [-0.1, -0.05) is 30.3 Å². The highest BCUT2D eigenvalue weighted by Gasteiger charge is 2.24. The zero-order valence-corrected chi connectivity index (χ0v) is 14.5. The molecule has 0 bridgehead atoms. The summed E-state index contributed by atoms with van der Waals surface area (Å²) in [5, 5.41) is 2.97. The second-order valence-corrected chi connectivity index (χ2v) is 6.48. The van der Waals surface area contributed by atoms with E-state index in [9.17, 15) is 9.59 Å². The molecule has 2 amide bonds. The van der Waals surface area contributed by atoms with Crippen molar-refractivity contribution in [3.05, 3.63) is 35.9 Å². The number of nitrogens with one attached hydrogen (secondary N) is 1. The lowest BCUT2D eigenvalue weighted by Crippen LogP contribution is -2.50. The molecular formula is C18H26N4O3. The van der Waals surface area contributed by atoms with Crippen molar-refractivity contribution in [1.82, 2.24) is 20.0 Å². The maximum Gasteiger partial charge on any atom is 0.409 e. The van der Waals surface area contributed by atoms with E-state index < -0.39 is 0 Å². The van der Waals surface area contributed by atoms with Gasteiger partial charge in [0.05, 0.1) is 13.1 Å². The number of benzene rings is 1. The Hall–Kier alpha value is -2.12. The van der Waals surface area contributed by atoms with Crippen LogP contribution in [0.15, 0.2) is 30.3 Å². The van der Waals surface area contributed by atoms with Gasteiger partial charge in [-0.3, -0.25) is 14.6 Å². The maximum absolute atomic E-state index is 12.1. The molecule has 2 fully saturated rings. The Bertz CT molecular complexity index is 573. The number of carbonyl (C=O) groups is 2. The van der Waals surface area contributed by atoms with Gasteiger partial charge in [-0.05, 0) is 5.56 Å². The number of ether oxygens (including phenoxy) is 1. The SMILES string of the molecule is O=C(CN1CCN(CCN2CCOC2=O)CC1)NCc1ccccc1. The summed E-state index contributed by atoms with van der Waals surface area (Å²) in [5.41, 5.74) is 1.11. The molecule has 1 aromatic rings. The van der Waals surface area contributed by atoms with Crippen LogP contribution in [0.25, 0.3) is 0 Å². The second kappa shape index (κ2) is 8.82. The number of hydrogen-bond acceptors (Lipinski definition) is 5. The van der Waals surface area contributed by atoms with E-state index in [1.807, 2.05) is 30.3 Å². The molecule has 0 spiro atoms. The van der Waals surface area contributed by atoms with E-state index in [4.69, 9.17) is 4.74 Å². The standard InChI is InChI=1S/C18H26N4O3/c23-17(19-14-16-4-2-1-3-5-16)15-21-8-6-20(7-9-21)10-11-22-12-13-25-18(22)24/h1-5H,6-15H2,(H,19,23). The molecule has 0 aliphatic carbocycles.